The first kappa shape index (κ1) is 23.0. The van der Waals surface area contributed by atoms with Crippen LogP contribution in [0, 0.1) is 0 Å². The van der Waals surface area contributed by atoms with E-state index in [2.05, 4.69) is 0 Å². The number of para-hydroxylation sites is 2. The molecule has 3 aromatic carbocycles. The Morgan fingerprint density at radius 3 is 2.42 bits per heavy atom. The van der Waals surface area contributed by atoms with E-state index in [1.54, 1.807) is 24.2 Å². The topological polar surface area (TPSA) is 51.1 Å². The van der Waals surface area contributed by atoms with Crippen LogP contribution >= 0.6 is 23.4 Å². The van der Waals surface area contributed by atoms with Crippen molar-refractivity contribution >= 4 is 51.9 Å². The Morgan fingerprint density at radius 2 is 1.76 bits per heavy atom. The first-order valence-electron chi connectivity index (χ1n) is 10.5. The quantitative estimate of drug-likeness (QED) is 0.345. The fourth-order valence-corrected chi connectivity index (χ4v) is 4.56. The number of hydrogen-bond acceptors (Lipinski definition) is 5. The van der Waals surface area contributed by atoms with Crippen molar-refractivity contribution in [2.24, 2.45) is 4.99 Å². The van der Waals surface area contributed by atoms with Crippen LogP contribution in [0.25, 0.3) is 6.08 Å². The van der Waals surface area contributed by atoms with Gasteiger partial charge in [-0.3, -0.25) is 9.69 Å². The molecule has 0 spiro atoms. The number of ether oxygens (including phenoxy) is 2. The average Bonchev–Trinajstić information content (AvgIpc) is 3.13. The molecule has 1 aliphatic rings. The molecule has 4 rings (SSSR count). The maximum absolute atomic E-state index is 13.4. The molecule has 3 aromatic rings. The number of carbonyl (C=O) groups excluding carboxylic acids is 1. The summed E-state index contributed by atoms with van der Waals surface area (Å²) < 4.78 is 11.2. The fourth-order valence-electron chi connectivity index (χ4n) is 3.29. The van der Waals surface area contributed by atoms with Gasteiger partial charge in [-0.25, -0.2) is 4.99 Å². The molecule has 7 heteroatoms. The van der Waals surface area contributed by atoms with Gasteiger partial charge in [-0.1, -0.05) is 54.9 Å². The molecule has 0 aromatic heterocycles. The van der Waals surface area contributed by atoms with E-state index in [-0.39, 0.29) is 5.91 Å². The molecule has 0 atom stereocenters. The van der Waals surface area contributed by atoms with Gasteiger partial charge in [-0.2, -0.15) is 0 Å². The van der Waals surface area contributed by atoms with Gasteiger partial charge < -0.3 is 9.47 Å². The summed E-state index contributed by atoms with van der Waals surface area (Å²) in [5.41, 5.74) is 2.27. The molecule has 33 heavy (non-hydrogen) atoms. The van der Waals surface area contributed by atoms with E-state index in [1.165, 1.54) is 11.8 Å². The van der Waals surface area contributed by atoms with Gasteiger partial charge in [0.05, 0.1) is 35.0 Å². The maximum Gasteiger partial charge on any atom is 0.271 e. The lowest BCUT2D eigenvalue weighted by molar-refractivity contribution is -0.113. The molecule has 1 amide bonds. The normalized spacial score (nSPS) is 16.0. The van der Waals surface area contributed by atoms with Crippen molar-refractivity contribution in [1.82, 2.24) is 0 Å². The van der Waals surface area contributed by atoms with Crippen LogP contribution in [-0.2, 0) is 4.79 Å². The second kappa shape index (κ2) is 10.6. The van der Waals surface area contributed by atoms with Crippen molar-refractivity contribution in [2.75, 3.05) is 18.6 Å². The highest BCUT2D eigenvalue weighted by Gasteiger charge is 2.34. The van der Waals surface area contributed by atoms with Crippen molar-refractivity contribution in [3.05, 3.63) is 88.3 Å². The first-order valence-corrected chi connectivity index (χ1v) is 11.7. The van der Waals surface area contributed by atoms with E-state index in [0.29, 0.717) is 33.2 Å². The zero-order valence-electron chi connectivity index (χ0n) is 18.3. The molecule has 1 saturated heterocycles. The molecule has 1 fully saturated rings. The van der Waals surface area contributed by atoms with Crippen molar-refractivity contribution in [3.8, 4) is 11.5 Å². The average molecular weight is 479 g/mol. The van der Waals surface area contributed by atoms with Gasteiger partial charge in [0, 0.05) is 0 Å². The first-order chi connectivity index (χ1) is 16.1. The van der Waals surface area contributed by atoms with Crippen LogP contribution in [0.1, 0.15) is 18.9 Å². The van der Waals surface area contributed by atoms with E-state index in [4.69, 9.17) is 26.1 Å². The Kier molecular flexibility index (Phi) is 7.37. The summed E-state index contributed by atoms with van der Waals surface area (Å²) >= 11 is 7.79. The third kappa shape index (κ3) is 5.24. The Morgan fingerprint density at radius 1 is 1.06 bits per heavy atom. The van der Waals surface area contributed by atoms with Gasteiger partial charge in [-0.05, 0) is 66.2 Å². The van der Waals surface area contributed by atoms with Crippen LogP contribution in [0.5, 0.6) is 11.5 Å². The lowest BCUT2D eigenvalue weighted by Crippen LogP contribution is -2.28. The molecule has 1 aliphatic heterocycles. The third-order valence-electron chi connectivity index (χ3n) is 4.80. The summed E-state index contributed by atoms with van der Waals surface area (Å²) in [4.78, 5) is 20.3. The van der Waals surface area contributed by atoms with Gasteiger partial charge in [0.15, 0.2) is 16.7 Å². The van der Waals surface area contributed by atoms with Gasteiger partial charge in [0.2, 0.25) is 0 Å². The van der Waals surface area contributed by atoms with Crippen LogP contribution in [0.4, 0.5) is 11.4 Å². The van der Waals surface area contributed by atoms with Crippen molar-refractivity contribution < 1.29 is 14.3 Å². The molecule has 0 saturated carbocycles. The number of methoxy groups -OCH3 is 1. The number of amidine groups is 1. The molecule has 0 radical (unpaired) electrons. The summed E-state index contributed by atoms with van der Waals surface area (Å²) in [7, 11) is 1.57. The number of amides is 1. The summed E-state index contributed by atoms with van der Waals surface area (Å²) in [6.45, 7) is 2.56. The largest absolute Gasteiger partial charge is 0.493 e. The van der Waals surface area contributed by atoms with Crippen LogP contribution in [0.15, 0.2) is 82.7 Å². The zero-order chi connectivity index (χ0) is 23.2. The van der Waals surface area contributed by atoms with Crippen LogP contribution in [0.2, 0.25) is 5.02 Å². The van der Waals surface area contributed by atoms with Crippen LogP contribution in [0.3, 0.4) is 0 Å². The smallest absolute Gasteiger partial charge is 0.271 e. The fraction of sp³-hybridized carbons (Fsp3) is 0.154. The van der Waals surface area contributed by atoms with E-state index in [0.717, 1.165) is 23.4 Å². The van der Waals surface area contributed by atoms with Crippen LogP contribution < -0.4 is 14.4 Å². The Balaban J connectivity index is 1.73. The number of anilines is 1. The molecule has 168 valence electrons. The van der Waals surface area contributed by atoms with Crippen LogP contribution in [-0.4, -0.2) is 24.8 Å². The minimum absolute atomic E-state index is 0.151. The lowest BCUT2D eigenvalue weighted by Gasteiger charge is -2.15. The Labute approximate surface area is 202 Å². The lowest BCUT2D eigenvalue weighted by atomic mass is 10.1. The number of rotatable bonds is 7. The van der Waals surface area contributed by atoms with E-state index < -0.39 is 0 Å². The SMILES string of the molecule is CCCOc1c(Cl)cc(/C=C2/SC(=Nc3ccccc3)N(c3ccccc3)C2=O)cc1OC. The summed E-state index contributed by atoms with van der Waals surface area (Å²) in [6.07, 6.45) is 2.66. The highest BCUT2D eigenvalue weighted by molar-refractivity contribution is 8.19. The van der Waals surface area contributed by atoms with E-state index >= 15 is 0 Å². The number of hydrogen-bond donors (Lipinski definition) is 0. The highest BCUT2D eigenvalue weighted by Crippen LogP contribution is 2.40. The standard InChI is InChI=1S/C26H23ClN2O3S/c1-3-14-32-24-21(27)15-18(16-22(24)31-2)17-23-25(30)29(20-12-8-5-9-13-20)26(33-23)28-19-10-6-4-7-11-19/h4-13,15-17H,3,14H2,1-2H3/b23-17+,28-26?. The highest BCUT2D eigenvalue weighted by atomic mass is 35.5. The number of benzene rings is 3. The van der Waals surface area contributed by atoms with Gasteiger partial charge in [0.25, 0.3) is 5.91 Å². The number of thioether (sulfide) groups is 1. The number of aliphatic imine (C=N–C) groups is 1. The third-order valence-corrected chi connectivity index (χ3v) is 6.05. The van der Waals surface area contributed by atoms with Crippen molar-refractivity contribution in [1.29, 1.82) is 0 Å². The van der Waals surface area contributed by atoms with Gasteiger partial charge in [-0.15, -0.1) is 0 Å². The number of halogens is 1. The zero-order valence-corrected chi connectivity index (χ0v) is 19.9. The predicted molar refractivity (Wildman–Crippen MR) is 137 cm³/mol. The van der Waals surface area contributed by atoms with Gasteiger partial charge in [0.1, 0.15) is 0 Å². The Hall–Kier alpha value is -3.22. The van der Waals surface area contributed by atoms with Crippen molar-refractivity contribution in [3.63, 3.8) is 0 Å². The molecule has 0 N–H and O–H groups in total. The van der Waals surface area contributed by atoms with Crippen molar-refractivity contribution in [2.45, 2.75) is 13.3 Å². The number of nitrogens with zero attached hydrogens (tertiary/aromatic N) is 2. The molecule has 0 aliphatic carbocycles. The monoisotopic (exact) mass is 478 g/mol. The molecule has 1 heterocycles. The van der Waals surface area contributed by atoms with E-state index in [9.17, 15) is 4.79 Å². The minimum atomic E-state index is -0.151. The molecular weight excluding hydrogens is 456 g/mol. The summed E-state index contributed by atoms with van der Waals surface area (Å²) in [5.74, 6) is 0.879. The molecule has 0 unspecified atom stereocenters. The summed E-state index contributed by atoms with van der Waals surface area (Å²) in [5, 5.41) is 1.02. The summed E-state index contributed by atoms with van der Waals surface area (Å²) in [6, 6.07) is 22.7. The van der Waals surface area contributed by atoms with Gasteiger partial charge >= 0.3 is 0 Å². The predicted octanol–water partition coefficient (Wildman–Crippen LogP) is 6.95. The number of carbonyl (C=O) groups is 1. The Bertz CT molecular complexity index is 1200. The molecule has 0 bridgehead atoms. The maximum atomic E-state index is 13.4. The second-order valence-corrected chi connectivity index (χ2v) is 8.62. The van der Waals surface area contributed by atoms with E-state index in [1.807, 2.05) is 73.7 Å². The second-order valence-electron chi connectivity index (χ2n) is 7.20. The molecule has 5 nitrogen and oxygen atoms in total. The minimum Gasteiger partial charge on any atom is -0.493 e. The molecular formula is C26H23ClN2O3S.